The molecule has 1 aliphatic heterocycles. The molecule has 1 aromatic rings. The lowest BCUT2D eigenvalue weighted by molar-refractivity contribution is 0.0270. The van der Waals surface area contributed by atoms with Crippen molar-refractivity contribution in [3.05, 3.63) is 29.0 Å². The van der Waals surface area contributed by atoms with E-state index in [1.54, 1.807) is 12.0 Å². The number of ether oxygens (including phenoxy) is 2. The first-order chi connectivity index (χ1) is 12.3. The average molecular weight is 360 g/mol. The summed E-state index contributed by atoms with van der Waals surface area (Å²) in [7, 11) is 1.60. The number of carbonyl (C=O) groups excluding carboxylic acids is 1. The van der Waals surface area contributed by atoms with E-state index >= 15 is 0 Å². The predicted molar refractivity (Wildman–Crippen MR) is 99.1 cm³/mol. The molecule has 0 saturated heterocycles. The molecule has 1 unspecified atom stereocenters. The zero-order chi connectivity index (χ0) is 18.9. The number of nitrogens with zero attached hydrogens (tertiary/aromatic N) is 2. The molecule has 6 heteroatoms. The molecular formula is C20H28N2O4. The molecule has 2 aliphatic rings. The second kappa shape index (κ2) is 7.27. The highest BCUT2D eigenvalue weighted by Gasteiger charge is 2.27. The summed E-state index contributed by atoms with van der Waals surface area (Å²) < 4.78 is 10.9. The Morgan fingerprint density at radius 3 is 2.73 bits per heavy atom. The number of aromatic nitrogens is 1. The lowest BCUT2D eigenvalue weighted by atomic mass is 9.90. The zero-order valence-electron chi connectivity index (χ0n) is 16.0. The van der Waals surface area contributed by atoms with Crippen molar-refractivity contribution in [3.8, 4) is 5.88 Å². The molecule has 0 radical (unpaired) electrons. The third kappa shape index (κ3) is 4.01. The molecule has 0 aromatic carbocycles. The second-order valence-electron chi connectivity index (χ2n) is 7.90. The highest BCUT2D eigenvalue weighted by atomic mass is 16.6. The molecule has 2 heterocycles. The van der Waals surface area contributed by atoms with Gasteiger partial charge < -0.3 is 19.5 Å². The van der Waals surface area contributed by atoms with E-state index < -0.39 is 11.7 Å². The summed E-state index contributed by atoms with van der Waals surface area (Å²) >= 11 is 0. The van der Waals surface area contributed by atoms with Crippen LogP contribution in [-0.2, 0) is 11.2 Å². The van der Waals surface area contributed by atoms with Gasteiger partial charge in [-0.2, -0.15) is 0 Å². The monoisotopic (exact) mass is 360 g/mol. The number of pyridine rings is 1. The molecule has 142 valence electrons. The number of carbonyl (C=O) groups is 1. The van der Waals surface area contributed by atoms with Crippen LogP contribution in [0.15, 0.2) is 12.1 Å². The van der Waals surface area contributed by atoms with Crippen molar-refractivity contribution < 1.29 is 19.4 Å². The number of aryl methyl sites for hydroxylation is 1. The Labute approximate surface area is 154 Å². The fourth-order valence-corrected chi connectivity index (χ4v) is 3.45. The van der Waals surface area contributed by atoms with E-state index in [1.807, 2.05) is 26.8 Å². The van der Waals surface area contributed by atoms with E-state index in [4.69, 9.17) is 9.47 Å². The normalized spacial score (nSPS) is 20.3. The lowest BCUT2D eigenvalue weighted by Crippen LogP contribution is -2.39. The largest absolute Gasteiger partial charge is 0.481 e. The molecule has 26 heavy (non-hydrogen) atoms. The van der Waals surface area contributed by atoms with Crippen LogP contribution in [0.1, 0.15) is 63.0 Å². The van der Waals surface area contributed by atoms with Crippen molar-refractivity contribution in [2.24, 2.45) is 0 Å². The van der Waals surface area contributed by atoms with Crippen molar-refractivity contribution in [1.29, 1.82) is 0 Å². The Morgan fingerprint density at radius 2 is 2.12 bits per heavy atom. The number of fused-ring (bicyclic) bond motifs is 1. The Hall–Kier alpha value is -2.08. The van der Waals surface area contributed by atoms with Crippen LogP contribution in [0.5, 0.6) is 5.88 Å². The highest BCUT2D eigenvalue weighted by Crippen LogP contribution is 2.36. The van der Waals surface area contributed by atoms with Gasteiger partial charge in [0, 0.05) is 18.7 Å². The number of aliphatic hydroxyl groups is 1. The summed E-state index contributed by atoms with van der Waals surface area (Å²) in [6.07, 6.45) is 4.60. The zero-order valence-corrected chi connectivity index (χ0v) is 16.0. The minimum atomic E-state index is -0.510. The highest BCUT2D eigenvalue weighted by molar-refractivity contribution is 5.74. The second-order valence-corrected chi connectivity index (χ2v) is 7.90. The summed E-state index contributed by atoms with van der Waals surface area (Å²) in [5.41, 5.74) is 3.42. The molecule has 3 rings (SSSR count). The Bertz CT molecular complexity index is 721. The van der Waals surface area contributed by atoms with Crippen LogP contribution in [0.2, 0.25) is 0 Å². The van der Waals surface area contributed by atoms with Crippen molar-refractivity contribution in [1.82, 2.24) is 9.88 Å². The van der Waals surface area contributed by atoms with Crippen molar-refractivity contribution >= 4 is 11.7 Å². The quantitative estimate of drug-likeness (QED) is 0.874. The van der Waals surface area contributed by atoms with Crippen LogP contribution in [0.4, 0.5) is 4.79 Å². The molecule has 0 bridgehead atoms. The van der Waals surface area contributed by atoms with Crippen molar-refractivity contribution in [3.63, 3.8) is 0 Å². The minimum absolute atomic E-state index is 0.286. The van der Waals surface area contributed by atoms with Crippen LogP contribution in [0, 0.1) is 0 Å². The topological polar surface area (TPSA) is 71.9 Å². The minimum Gasteiger partial charge on any atom is -0.481 e. The standard InChI is InChI=1S/C20H28N2O4/c1-20(2,3)26-19(24)22-10-8-13(9-11-22)15-12-14-6-5-7-16(23)17(14)21-18(15)25-4/h8,12,16,23H,5-7,9-11H2,1-4H3. The summed E-state index contributed by atoms with van der Waals surface area (Å²) in [5.74, 6) is 0.543. The van der Waals surface area contributed by atoms with Gasteiger partial charge in [-0.25, -0.2) is 9.78 Å². The van der Waals surface area contributed by atoms with Crippen LogP contribution in [-0.4, -0.2) is 46.9 Å². The summed E-state index contributed by atoms with van der Waals surface area (Å²) in [6, 6.07) is 2.10. The van der Waals surface area contributed by atoms with E-state index in [0.717, 1.165) is 48.1 Å². The summed E-state index contributed by atoms with van der Waals surface area (Å²) in [6.45, 7) is 6.72. The first-order valence-corrected chi connectivity index (χ1v) is 9.21. The third-order valence-corrected chi connectivity index (χ3v) is 4.74. The van der Waals surface area contributed by atoms with Crippen molar-refractivity contribution in [2.75, 3.05) is 20.2 Å². The molecule has 0 spiro atoms. The van der Waals surface area contributed by atoms with Gasteiger partial charge in [-0.3, -0.25) is 0 Å². The number of aliphatic hydroxyl groups excluding tert-OH is 1. The fourth-order valence-electron chi connectivity index (χ4n) is 3.45. The average Bonchev–Trinajstić information content (AvgIpc) is 2.60. The number of hydrogen-bond acceptors (Lipinski definition) is 5. The first kappa shape index (κ1) is 18.7. The van der Waals surface area contributed by atoms with E-state index in [1.165, 1.54) is 0 Å². The van der Waals surface area contributed by atoms with Crippen LogP contribution in [0.3, 0.4) is 0 Å². The number of hydrogen-bond donors (Lipinski definition) is 1. The van der Waals surface area contributed by atoms with Crippen LogP contribution < -0.4 is 4.74 Å². The lowest BCUT2D eigenvalue weighted by Gasteiger charge is -2.30. The molecule has 0 fully saturated rings. The molecule has 1 atom stereocenters. The van der Waals surface area contributed by atoms with Gasteiger partial charge in [-0.05, 0) is 63.7 Å². The van der Waals surface area contributed by atoms with E-state index in [9.17, 15) is 9.90 Å². The maximum atomic E-state index is 12.2. The molecule has 1 amide bonds. The number of methoxy groups -OCH3 is 1. The Balaban J connectivity index is 1.81. The van der Waals surface area contributed by atoms with Gasteiger partial charge >= 0.3 is 6.09 Å². The molecule has 6 nitrogen and oxygen atoms in total. The predicted octanol–water partition coefficient (Wildman–Crippen LogP) is 3.48. The van der Waals surface area contributed by atoms with E-state index in [0.29, 0.717) is 19.0 Å². The Kier molecular flexibility index (Phi) is 5.23. The van der Waals surface area contributed by atoms with Crippen molar-refractivity contribution in [2.45, 2.75) is 58.2 Å². The van der Waals surface area contributed by atoms with E-state index in [-0.39, 0.29) is 6.09 Å². The van der Waals surface area contributed by atoms with Crippen LogP contribution in [0.25, 0.3) is 5.57 Å². The fraction of sp³-hybridized carbons (Fsp3) is 0.600. The van der Waals surface area contributed by atoms with Gasteiger partial charge in [0.05, 0.1) is 18.9 Å². The van der Waals surface area contributed by atoms with Crippen LogP contribution >= 0.6 is 0 Å². The van der Waals surface area contributed by atoms with Gasteiger partial charge in [0.2, 0.25) is 5.88 Å². The summed E-state index contributed by atoms with van der Waals surface area (Å²) in [5, 5.41) is 10.2. The summed E-state index contributed by atoms with van der Waals surface area (Å²) in [4.78, 5) is 18.5. The molecule has 0 saturated carbocycles. The maximum absolute atomic E-state index is 12.2. The van der Waals surface area contributed by atoms with E-state index in [2.05, 4.69) is 11.1 Å². The van der Waals surface area contributed by atoms with Gasteiger partial charge in [-0.15, -0.1) is 0 Å². The maximum Gasteiger partial charge on any atom is 0.410 e. The number of rotatable bonds is 2. The number of amides is 1. The molecule has 1 aromatic heterocycles. The smallest absolute Gasteiger partial charge is 0.410 e. The van der Waals surface area contributed by atoms with Gasteiger partial charge in [0.1, 0.15) is 5.60 Å². The SMILES string of the molecule is COc1nc2c(cc1C1=CCN(C(=O)OC(C)(C)C)CC1)CCCC2O. The third-order valence-electron chi connectivity index (χ3n) is 4.74. The first-order valence-electron chi connectivity index (χ1n) is 9.21. The molecule has 1 aliphatic carbocycles. The van der Waals surface area contributed by atoms with Gasteiger partial charge in [-0.1, -0.05) is 6.08 Å². The molecular weight excluding hydrogens is 332 g/mol. The van der Waals surface area contributed by atoms with Gasteiger partial charge in [0.15, 0.2) is 0 Å². The molecule has 1 N–H and O–H groups in total. The Morgan fingerprint density at radius 1 is 1.35 bits per heavy atom. The van der Waals surface area contributed by atoms with Gasteiger partial charge in [0.25, 0.3) is 0 Å².